The molecule has 1 saturated heterocycles. The number of hydrogen-bond acceptors (Lipinski definition) is 7. The second-order valence-corrected chi connectivity index (χ2v) is 11.2. The lowest BCUT2D eigenvalue weighted by Gasteiger charge is -2.13. The van der Waals surface area contributed by atoms with Crippen LogP contribution < -0.4 is 10.1 Å². The van der Waals surface area contributed by atoms with Crippen molar-refractivity contribution in [2.45, 2.75) is 6.54 Å². The van der Waals surface area contributed by atoms with Gasteiger partial charge in [-0.15, -0.1) is 5.10 Å². The maximum atomic E-state index is 13.5. The van der Waals surface area contributed by atoms with Crippen LogP contribution in [0.3, 0.4) is 0 Å². The zero-order valence-electron chi connectivity index (χ0n) is 21.7. The third kappa shape index (κ3) is 7.75. The Kier molecular flexibility index (Phi) is 9.52. The highest BCUT2D eigenvalue weighted by Gasteiger charge is 2.34. The molecule has 1 aliphatic rings. The molecule has 0 atom stereocenters. The lowest BCUT2D eigenvalue weighted by Crippen LogP contribution is -2.28. The number of amidine groups is 1. The van der Waals surface area contributed by atoms with Crippen LogP contribution in [0.15, 0.2) is 109 Å². The van der Waals surface area contributed by atoms with Crippen molar-refractivity contribution < 1.29 is 23.1 Å². The molecule has 5 rings (SSSR count). The molecule has 1 aromatic heterocycles. The molecule has 1 aliphatic heterocycles. The molecular formula is C30H21BrClFN4O4S. The summed E-state index contributed by atoms with van der Waals surface area (Å²) >= 11 is 10.8. The number of carbonyl (C=O) groups is 2. The van der Waals surface area contributed by atoms with Crippen LogP contribution in [0.5, 0.6) is 5.75 Å². The molecule has 0 saturated carbocycles. The van der Waals surface area contributed by atoms with Gasteiger partial charge < -0.3 is 14.5 Å². The van der Waals surface area contributed by atoms with E-state index < -0.39 is 11.7 Å². The number of carbonyl (C=O) groups excluding carboxylic acids is 2. The van der Waals surface area contributed by atoms with E-state index in [-0.39, 0.29) is 19.1 Å². The van der Waals surface area contributed by atoms with Gasteiger partial charge in [-0.1, -0.05) is 39.7 Å². The largest absolute Gasteiger partial charge is 0.483 e. The third-order valence-electron chi connectivity index (χ3n) is 5.73. The van der Waals surface area contributed by atoms with Gasteiger partial charge in [0.25, 0.3) is 11.8 Å². The number of hydrogen-bond donors (Lipinski definition) is 1. The number of halogens is 3. The van der Waals surface area contributed by atoms with Crippen LogP contribution in [0.25, 0.3) is 6.08 Å². The Morgan fingerprint density at radius 2 is 1.95 bits per heavy atom. The topological polar surface area (TPSA) is 96.5 Å². The van der Waals surface area contributed by atoms with Crippen molar-refractivity contribution in [2.75, 3.05) is 11.9 Å². The molecule has 0 spiro atoms. The second-order valence-electron chi connectivity index (χ2n) is 8.79. The van der Waals surface area contributed by atoms with Gasteiger partial charge in [-0.25, -0.2) is 4.39 Å². The summed E-state index contributed by atoms with van der Waals surface area (Å²) in [5, 5.41) is 11.9. The van der Waals surface area contributed by atoms with Crippen LogP contribution in [0, 0.1) is 5.82 Å². The van der Waals surface area contributed by atoms with Gasteiger partial charge in [0.05, 0.1) is 23.9 Å². The van der Waals surface area contributed by atoms with E-state index in [2.05, 4.69) is 31.4 Å². The van der Waals surface area contributed by atoms with Crippen LogP contribution in [0.2, 0.25) is 5.02 Å². The first-order chi connectivity index (χ1) is 20.3. The number of nitrogens with zero attached hydrogens (tertiary/aromatic N) is 3. The van der Waals surface area contributed by atoms with Gasteiger partial charge in [0.1, 0.15) is 17.3 Å². The fourth-order valence-corrected chi connectivity index (χ4v) is 5.31. The minimum Gasteiger partial charge on any atom is -0.483 e. The molecule has 0 radical (unpaired) electrons. The van der Waals surface area contributed by atoms with E-state index in [0.29, 0.717) is 37.9 Å². The van der Waals surface area contributed by atoms with Crippen LogP contribution in [-0.4, -0.2) is 34.7 Å². The SMILES string of the molecule is O=C(COc1ccc(Cl)cc1/C=C1\S/C(=N\N=C\c2cccc(Br)c2)N(Cc2ccco2)C1=O)Nc1ccc(F)cc1. The number of ether oxygens (including phenoxy) is 1. The van der Waals surface area contributed by atoms with E-state index in [1.165, 1.54) is 35.4 Å². The molecule has 212 valence electrons. The second kappa shape index (κ2) is 13.6. The van der Waals surface area contributed by atoms with E-state index in [0.717, 1.165) is 21.8 Å². The summed E-state index contributed by atoms with van der Waals surface area (Å²) in [4.78, 5) is 27.7. The molecule has 2 heterocycles. The number of amides is 2. The smallest absolute Gasteiger partial charge is 0.267 e. The summed E-state index contributed by atoms with van der Waals surface area (Å²) in [5.74, 6) is -0.246. The predicted octanol–water partition coefficient (Wildman–Crippen LogP) is 7.36. The third-order valence-corrected chi connectivity index (χ3v) is 7.45. The minimum absolute atomic E-state index is 0.157. The van der Waals surface area contributed by atoms with Crippen LogP contribution in [0.1, 0.15) is 16.9 Å². The first kappa shape index (κ1) is 29.3. The van der Waals surface area contributed by atoms with Gasteiger partial charge in [-0.3, -0.25) is 14.5 Å². The fraction of sp³-hybridized carbons (Fsp3) is 0.0667. The molecule has 1 N–H and O–H groups in total. The number of rotatable bonds is 9. The Morgan fingerprint density at radius 3 is 2.71 bits per heavy atom. The van der Waals surface area contributed by atoms with Gasteiger partial charge in [0.2, 0.25) is 0 Å². The van der Waals surface area contributed by atoms with Crippen LogP contribution in [0.4, 0.5) is 10.1 Å². The van der Waals surface area contributed by atoms with Crippen molar-refractivity contribution in [1.82, 2.24) is 4.90 Å². The molecule has 0 bridgehead atoms. The Hall–Kier alpha value is -4.19. The molecule has 8 nitrogen and oxygen atoms in total. The summed E-state index contributed by atoms with van der Waals surface area (Å²) in [6.45, 7) is -0.165. The molecule has 12 heteroatoms. The minimum atomic E-state index is -0.441. The van der Waals surface area contributed by atoms with E-state index in [1.54, 1.807) is 42.6 Å². The molecule has 3 aromatic carbocycles. The molecule has 1 fully saturated rings. The van der Waals surface area contributed by atoms with Crippen LogP contribution >= 0.6 is 39.3 Å². The summed E-state index contributed by atoms with van der Waals surface area (Å²) in [6.07, 6.45) is 4.75. The Balaban J connectivity index is 1.36. The molecular weight excluding hydrogens is 647 g/mol. The van der Waals surface area contributed by atoms with Crippen LogP contribution in [-0.2, 0) is 16.1 Å². The molecule has 4 aromatic rings. The van der Waals surface area contributed by atoms with Gasteiger partial charge >= 0.3 is 0 Å². The standard InChI is InChI=1S/C30H21BrClFN4O4S/c31-21-4-1-3-19(13-21)16-34-36-30-37(17-25-5-2-12-40-25)29(39)27(42-30)15-20-14-22(32)6-11-26(20)41-18-28(38)35-24-9-7-23(33)8-10-24/h1-16H,17-18H2,(H,35,38)/b27-15-,34-16+,36-30-. The molecule has 42 heavy (non-hydrogen) atoms. The maximum absolute atomic E-state index is 13.5. The van der Waals surface area contributed by atoms with Crippen molar-refractivity contribution >= 4 is 74.3 Å². The van der Waals surface area contributed by atoms with Gasteiger partial charge in [0, 0.05) is 20.7 Å². The fourth-order valence-electron chi connectivity index (χ4n) is 3.79. The number of benzene rings is 3. The highest BCUT2D eigenvalue weighted by Crippen LogP contribution is 2.36. The van der Waals surface area contributed by atoms with E-state index in [4.69, 9.17) is 20.8 Å². The first-order valence-electron chi connectivity index (χ1n) is 12.4. The molecule has 0 aliphatic carbocycles. The Bertz CT molecular complexity index is 1690. The highest BCUT2D eigenvalue weighted by molar-refractivity contribution is 9.10. The number of furan rings is 1. The average molecular weight is 668 g/mol. The number of thioether (sulfide) groups is 1. The summed E-state index contributed by atoms with van der Waals surface area (Å²) in [5.41, 5.74) is 1.76. The average Bonchev–Trinajstić information content (AvgIpc) is 3.58. The lowest BCUT2D eigenvalue weighted by molar-refractivity contribution is -0.122. The van der Waals surface area contributed by atoms with Crippen molar-refractivity contribution in [3.05, 3.63) is 122 Å². The van der Waals surface area contributed by atoms with E-state index >= 15 is 0 Å². The van der Waals surface area contributed by atoms with E-state index in [1.807, 2.05) is 24.3 Å². The monoisotopic (exact) mass is 666 g/mol. The Labute approximate surface area is 258 Å². The Morgan fingerprint density at radius 1 is 1.12 bits per heavy atom. The first-order valence-corrected chi connectivity index (χ1v) is 14.4. The van der Waals surface area contributed by atoms with Gasteiger partial charge in [-0.2, -0.15) is 5.10 Å². The summed E-state index contributed by atoms with van der Waals surface area (Å²) < 4.78 is 25.3. The zero-order chi connectivity index (χ0) is 29.5. The van der Waals surface area contributed by atoms with Crippen molar-refractivity contribution in [2.24, 2.45) is 10.2 Å². The quantitative estimate of drug-likeness (QED) is 0.114. The predicted molar refractivity (Wildman–Crippen MR) is 166 cm³/mol. The number of anilines is 1. The lowest BCUT2D eigenvalue weighted by atomic mass is 10.2. The zero-order valence-corrected chi connectivity index (χ0v) is 24.8. The van der Waals surface area contributed by atoms with Gasteiger partial charge in [-0.05, 0) is 90.1 Å². The summed E-state index contributed by atoms with van der Waals surface area (Å²) in [7, 11) is 0. The van der Waals surface area contributed by atoms with Crippen molar-refractivity contribution in [1.29, 1.82) is 0 Å². The normalized spacial score (nSPS) is 15.2. The number of nitrogens with one attached hydrogen (secondary N) is 1. The summed E-state index contributed by atoms with van der Waals surface area (Å²) in [6, 6.07) is 21.3. The van der Waals surface area contributed by atoms with Crippen molar-refractivity contribution in [3.8, 4) is 5.75 Å². The molecule has 2 amide bonds. The van der Waals surface area contributed by atoms with Gasteiger partial charge in [0.15, 0.2) is 11.8 Å². The highest BCUT2D eigenvalue weighted by atomic mass is 79.9. The van der Waals surface area contributed by atoms with Crippen molar-refractivity contribution in [3.63, 3.8) is 0 Å². The maximum Gasteiger partial charge on any atom is 0.267 e. The van der Waals surface area contributed by atoms with E-state index in [9.17, 15) is 14.0 Å². The molecule has 0 unspecified atom stereocenters.